The van der Waals surface area contributed by atoms with E-state index in [9.17, 15) is 14.4 Å². The lowest BCUT2D eigenvalue weighted by Crippen LogP contribution is -2.33. The van der Waals surface area contributed by atoms with Gasteiger partial charge in [0, 0.05) is 10.9 Å². The van der Waals surface area contributed by atoms with Crippen molar-refractivity contribution in [2.45, 2.75) is 12.2 Å². The number of anilines is 2. The average Bonchev–Trinajstić information content (AvgIpc) is 3.20. The Morgan fingerprint density at radius 3 is 2.36 bits per heavy atom. The molecule has 1 aliphatic rings. The molecule has 4 aromatic rings. The lowest BCUT2D eigenvalue weighted by atomic mass is 10.1. The van der Waals surface area contributed by atoms with Crippen LogP contribution in [0.4, 0.5) is 11.4 Å². The van der Waals surface area contributed by atoms with Crippen molar-refractivity contribution in [1.82, 2.24) is 5.43 Å². The fraction of sp³-hybridized carbons (Fsp3) is 0.0714. The number of nitrogens with one attached hydrogen (secondary N) is 2. The average molecular weight is 495 g/mol. The molecule has 2 N–H and O–H groups in total. The number of carbonyl (C=O) groups excluding carboxylic acids is 3. The standard InChI is InChI=1S/C28H22N4O3S/c1-18-27(35)32(24-17-9-13-19-10-5-6-14-21(19)24)28(36-18)31-30-26(34)22-15-7-8-16-23(22)29-25(33)20-11-3-2-4-12-20/h2-18H,1H3,(H,29,33)(H,30,34). The summed E-state index contributed by atoms with van der Waals surface area (Å²) in [5.74, 6) is -0.938. The number of carbonyl (C=O) groups is 3. The van der Waals surface area contributed by atoms with Crippen molar-refractivity contribution in [2.24, 2.45) is 5.10 Å². The lowest BCUT2D eigenvalue weighted by molar-refractivity contribution is -0.116. The van der Waals surface area contributed by atoms with Crippen molar-refractivity contribution >= 4 is 56.8 Å². The van der Waals surface area contributed by atoms with Crippen LogP contribution in [0.3, 0.4) is 0 Å². The van der Waals surface area contributed by atoms with Crippen LogP contribution in [0.1, 0.15) is 27.6 Å². The van der Waals surface area contributed by atoms with Crippen LogP contribution in [0, 0.1) is 0 Å². The Bertz CT molecular complexity index is 1500. The van der Waals surface area contributed by atoms with Crippen LogP contribution < -0.4 is 15.6 Å². The Balaban J connectivity index is 1.41. The van der Waals surface area contributed by atoms with Crippen molar-refractivity contribution in [3.05, 3.63) is 108 Å². The third-order valence-electron chi connectivity index (χ3n) is 5.76. The third kappa shape index (κ3) is 4.58. The number of rotatable bonds is 5. The summed E-state index contributed by atoms with van der Waals surface area (Å²) in [6.45, 7) is 1.81. The summed E-state index contributed by atoms with van der Waals surface area (Å²) in [5.41, 5.74) is 4.37. The molecule has 1 aliphatic heterocycles. The minimum atomic E-state index is -0.503. The van der Waals surface area contributed by atoms with Gasteiger partial charge in [-0.25, -0.2) is 5.43 Å². The fourth-order valence-electron chi connectivity index (χ4n) is 3.97. The highest BCUT2D eigenvalue weighted by atomic mass is 32.2. The second-order valence-electron chi connectivity index (χ2n) is 8.13. The van der Waals surface area contributed by atoms with E-state index in [-0.39, 0.29) is 22.6 Å². The summed E-state index contributed by atoms with van der Waals surface area (Å²) in [5, 5.41) is 9.04. The van der Waals surface area contributed by atoms with Crippen LogP contribution in [0.15, 0.2) is 102 Å². The Kier molecular flexibility index (Phi) is 6.51. The minimum Gasteiger partial charge on any atom is -0.321 e. The maximum Gasteiger partial charge on any atom is 0.273 e. The number of para-hydroxylation sites is 1. The number of hydrogen-bond donors (Lipinski definition) is 2. The van der Waals surface area contributed by atoms with Crippen LogP contribution in [0.25, 0.3) is 10.8 Å². The first-order valence-corrected chi connectivity index (χ1v) is 12.2. The number of thioether (sulfide) groups is 1. The molecule has 178 valence electrons. The van der Waals surface area contributed by atoms with E-state index in [2.05, 4.69) is 15.8 Å². The van der Waals surface area contributed by atoms with E-state index in [4.69, 9.17) is 0 Å². The number of amides is 3. The molecule has 7 nitrogen and oxygen atoms in total. The van der Waals surface area contributed by atoms with Crippen LogP contribution in [0.5, 0.6) is 0 Å². The van der Waals surface area contributed by atoms with E-state index >= 15 is 0 Å². The Morgan fingerprint density at radius 1 is 0.833 bits per heavy atom. The molecule has 36 heavy (non-hydrogen) atoms. The van der Waals surface area contributed by atoms with Crippen LogP contribution >= 0.6 is 11.8 Å². The van der Waals surface area contributed by atoms with Gasteiger partial charge in [-0.1, -0.05) is 78.5 Å². The van der Waals surface area contributed by atoms with Gasteiger partial charge in [0.25, 0.3) is 11.8 Å². The molecule has 0 spiro atoms. The Labute approximate surface area is 212 Å². The molecule has 8 heteroatoms. The van der Waals surface area contributed by atoms with Crippen molar-refractivity contribution in [3.63, 3.8) is 0 Å². The molecule has 1 saturated heterocycles. The molecule has 1 unspecified atom stereocenters. The van der Waals surface area contributed by atoms with Gasteiger partial charge in [-0.2, -0.15) is 0 Å². The quantitative estimate of drug-likeness (QED) is 0.370. The number of benzene rings is 4. The van der Waals surface area contributed by atoms with Gasteiger partial charge in [-0.3, -0.25) is 19.3 Å². The molecule has 4 aromatic carbocycles. The number of hydrazone groups is 1. The highest BCUT2D eigenvalue weighted by Crippen LogP contribution is 2.35. The normalized spacial score (nSPS) is 16.4. The first kappa shape index (κ1) is 23.3. The fourth-order valence-corrected chi connectivity index (χ4v) is 4.89. The zero-order chi connectivity index (χ0) is 25.1. The number of nitrogens with zero attached hydrogens (tertiary/aromatic N) is 2. The van der Waals surface area contributed by atoms with E-state index < -0.39 is 5.91 Å². The largest absolute Gasteiger partial charge is 0.321 e. The van der Waals surface area contributed by atoms with Crippen LogP contribution in [-0.4, -0.2) is 28.1 Å². The molecule has 0 saturated carbocycles. The predicted octanol–water partition coefficient (Wildman–Crippen LogP) is 5.26. The van der Waals surface area contributed by atoms with Crippen LogP contribution in [0.2, 0.25) is 0 Å². The van der Waals surface area contributed by atoms with Gasteiger partial charge in [0.15, 0.2) is 5.17 Å². The van der Waals surface area contributed by atoms with Crippen molar-refractivity contribution in [3.8, 4) is 0 Å². The van der Waals surface area contributed by atoms with Gasteiger partial charge in [0.05, 0.1) is 22.2 Å². The van der Waals surface area contributed by atoms with E-state index in [1.54, 1.807) is 53.4 Å². The second-order valence-corrected chi connectivity index (χ2v) is 9.44. The first-order chi connectivity index (χ1) is 17.5. The van der Waals surface area contributed by atoms with E-state index in [1.165, 1.54) is 11.8 Å². The first-order valence-electron chi connectivity index (χ1n) is 11.3. The number of amidine groups is 1. The highest BCUT2D eigenvalue weighted by Gasteiger charge is 2.37. The zero-order valence-corrected chi connectivity index (χ0v) is 20.2. The van der Waals surface area contributed by atoms with Gasteiger partial charge in [0.2, 0.25) is 5.91 Å². The lowest BCUT2D eigenvalue weighted by Gasteiger charge is -2.18. The van der Waals surface area contributed by atoms with Gasteiger partial charge < -0.3 is 5.32 Å². The van der Waals surface area contributed by atoms with Gasteiger partial charge in [0.1, 0.15) is 0 Å². The number of fused-ring (bicyclic) bond motifs is 1. The summed E-state index contributed by atoms with van der Waals surface area (Å²) >= 11 is 1.28. The summed E-state index contributed by atoms with van der Waals surface area (Å²) in [7, 11) is 0. The monoisotopic (exact) mass is 494 g/mol. The zero-order valence-electron chi connectivity index (χ0n) is 19.3. The molecule has 0 aromatic heterocycles. The molecule has 0 bridgehead atoms. The van der Waals surface area contributed by atoms with Crippen LogP contribution in [-0.2, 0) is 4.79 Å². The maximum absolute atomic E-state index is 13.1. The predicted molar refractivity (Wildman–Crippen MR) is 144 cm³/mol. The maximum atomic E-state index is 13.1. The summed E-state index contributed by atoms with van der Waals surface area (Å²) in [6.07, 6.45) is 0. The highest BCUT2D eigenvalue weighted by molar-refractivity contribution is 8.16. The van der Waals surface area contributed by atoms with Gasteiger partial charge >= 0.3 is 0 Å². The SMILES string of the molecule is CC1SC(=NNC(=O)c2ccccc2NC(=O)c2ccccc2)N(c2cccc3ccccc23)C1=O. The van der Waals surface area contributed by atoms with Gasteiger partial charge in [-0.05, 0) is 42.6 Å². The van der Waals surface area contributed by atoms with E-state index in [0.717, 1.165) is 10.8 Å². The summed E-state index contributed by atoms with van der Waals surface area (Å²) < 4.78 is 0. The molecule has 0 aliphatic carbocycles. The summed E-state index contributed by atoms with van der Waals surface area (Å²) in [6, 6.07) is 29.0. The molecular weight excluding hydrogens is 472 g/mol. The third-order valence-corrected chi connectivity index (χ3v) is 6.80. The van der Waals surface area contributed by atoms with Crippen molar-refractivity contribution in [2.75, 3.05) is 10.2 Å². The Hall–Kier alpha value is -4.43. The number of hydrogen-bond acceptors (Lipinski definition) is 5. The minimum absolute atomic E-state index is 0.111. The van der Waals surface area contributed by atoms with Gasteiger partial charge in [-0.15, -0.1) is 5.10 Å². The second kappa shape index (κ2) is 10.1. The van der Waals surface area contributed by atoms with E-state index in [0.29, 0.717) is 22.1 Å². The van der Waals surface area contributed by atoms with Crippen molar-refractivity contribution < 1.29 is 14.4 Å². The molecule has 1 heterocycles. The molecule has 5 rings (SSSR count). The topological polar surface area (TPSA) is 90.9 Å². The molecule has 1 atom stereocenters. The van der Waals surface area contributed by atoms with Crippen molar-refractivity contribution in [1.29, 1.82) is 0 Å². The smallest absolute Gasteiger partial charge is 0.273 e. The Morgan fingerprint density at radius 2 is 1.53 bits per heavy atom. The molecule has 0 radical (unpaired) electrons. The van der Waals surface area contributed by atoms with E-state index in [1.807, 2.05) is 55.5 Å². The molecule has 3 amide bonds. The molecule has 1 fully saturated rings. The summed E-state index contributed by atoms with van der Waals surface area (Å²) in [4.78, 5) is 40.3. The molecular formula is C28H22N4O3S.